The van der Waals surface area contributed by atoms with Gasteiger partial charge in [-0.1, -0.05) is 30.3 Å². The van der Waals surface area contributed by atoms with E-state index < -0.39 is 5.91 Å². The van der Waals surface area contributed by atoms with E-state index in [-0.39, 0.29) is 6.61 Å². The molecular weight excluding hydrogens is 280 g/mol. The monoisotopic (exact) mass is 296 g/mol. The van der Waals surface area contributed by atoms with Crippen LogP contribution in [-0.2, 0) is 11.3 Å². The highest BCUT2D eigenvalue weighted by molar-refractivity contribution is 5.76. The van der Waals surface area contributed by atoms with Gasteiger partial charge in [0, 0.05) is 18.3 Å². The Kier molecular flexibility index (Phi) is 3.76. The lowest BCUT2D eigenvalue weighted by Crippen LogP contribution is -2.20. The van der Waals surface area contributed by atoms with E-state index >= 15 is 0 Å². The molecule has 6 nitrogen and oxygen atoms in total. The Morgan fingerprint density at radius 3 is 2.64 bits per heavy atom. The highest BCUT2D eigenvalue weighted by Gasteiger charge is 2.15. The molecular formula is C16H16N4O2. The molecule has 0 unspecified atom stereocenters. The van der Waals surface area contributed by atoms with Crippen LogP contribution in [-0.4, -0.2) is 21.9 Å². The van der Waals surface area contributed by atoms with Gasteiger partial charge in [0.15, 0.2) is 18.0 Å². The number of carbonyl (C=O) groups excluding carboxylic acids is 1. The van der Waals surface area contributed by atoms with Gasteiger partial charge < -0.3 is 16.2 Å². The van der Waals surface area contributed by atoms with Gasteiger partial charge in [0.05, 0.1) is 11.4 Å². The number of primary amides is 1. The summed E-state index contributed by atoms with van der Waals surface area (Å²) in [5.41, 5.74) is 14.3. The van der Waals surface area contributed by atoms with Crippen LogP contribution in [0.4, 0.5) is 0 Å². The fourth-order valence-corrected chi connectivity index (χ4v) is 2.38. The Labute approximate surface area is 127 Å². The van der Waals surface area contributed by atoms with Gasteiger partial charge in [0.2, 0.25) is 0 Å². The first-order chi connectivity index (χ1) is 10.7. The molecule has 112 valence electrons. The fraction of sp³-hybridized carbons (Fsp3) is 0.125. The van der Waals surface area contributed by atoms with Crippen LogP contribution in [0.2, 0.25) is 0 Å². The van der Waals surface area contributed by atoms with Gasteiger partial charge in [-0.3, -0.25) is 9.20 Å². The summed E-state index contributed by atoms with van der Waals surface area (Å²) in [6.07, 6.45) is 1.87. The van der Waals surface area contributed by atoms with E-state index in [9.17, 15) is 4.79 Å². The number of hydrogen-bond acceptors (Lipinski definition) is 4. The third-order valence-corrected chi connectivity index (χ3v) is 3.32. The number of carbonyl (C=O) groups is 1. The summed E-state index contributed by atoms with van der Waals surface area (Å²) in [4.78, 5) is 15.5. The minimum Gasteiger partial charge on any atom is -0.480 e. The van der Waals surface area contributed by atoms with Crippen molar-refractivity contribution in [3.05, 3.63) is 54.4 Å². The molecule has 2 heterocycles. The van der Waals surface area contributed by atoms with Crippen molar-refractivity contribution in [2.75, 3.05) is 6.61 Å². The minimum absolute atomic E-state index is 0.189. The Balaban J connectivity index is 2.15. The Morgan fingerprint density at radius 1 is 1.18 bits per heavy atom. The summed E-state index contributed by atoms with van der Waals surface area (Å²) >= 11 is 0. The number of nitrogens with two attached hydrogens (primary N) is 2. The van der Waals surface area contributed by atoms with E-state index in [0.29, 0.717) is 17.9 Å². The lowest BCUT2D eigenvalue weighted by atomic mass is 10.1. The number of rotatable bonds is 5. The zero-order valence-corrected chi connectivity index (χ0v) is 11.9. The lowest BCUT2D eigenvalue weighted by Gasteiger charge is -2.05. The molecule has 3 rings (SSSR count). The predicted octanol–water partition coefficient (Wildman–Crippen LogP) is 1.32. The fourth-order valence-electron chi connectivity index (χ4n) is 2.38. The number of amides is 1. The topological polar surface area (TPSA) is 95.6 Å². The summed E-state index contributed by atoms with van der Waals surface area (Å²) in [6.45, 7) is 0.149. The molecule has 22 heavy (non-hydrogen) atoms. The molecule has 1 aromatic carbocycles. The molecule has 0 radical (unpaired) electrons. The Bertz CT molecular complexity index is 812. The molecule has 0 saturated carbocycles. The van der Waals surface area contributed by atoms with Gasteiger partial charge in [0.1, 0.15) is 0 Å². The van der Waals surface area contributed by atoms with Crippen molar-refractivity contribution in [3.8, 4) is 17.0 Å². The number of fused-ring (bicyclic) bond motifs is 1. The smallest absolute Gasteiger partial charge is 0.255 e. The first kappa shape index (κ1) is 14.1. The molecule has 4 N–H and O–H groups in total. The second-order valence-electron chi connectivity index (χ2n) is 4.80. The van der Waals surface area contributed by atoms with E-state index in [1.54, 1.807) is 6.07 Å². The van der Waals surface area contributed by atoms with Gasteiger partial charge in [-0.05, 0) is 12.1 Å². The average Bonchev–Trinajstić information content (AvgIpc) is 2.92. The molecule has 0 bridgehead atoms. The van der Waals surface area contributed by atoms with Crippen LogP contribution >= 0.6 is 0 Å². The summed E-state index contributed by atoms with van der Waals surface area (Å²) in [7, 11) is 0. The summed E-state index contributed by atoms with van der Waals surface area (Å²) < 4.78 is 7.30. The number of pyridine rings is 1. The minimum atomic E-state index is -0.532. The summed E-state index contributed by atoms with van der Waals surface area (Å²) in [5.74, 6) is -0.0333. The Morgan fingerprint density at radius 2 is 1.95 bits per heavy atom. The highest BCUT2D eigenvalue weighted by Crippen LogP contribution is 2.28. The van der Waals surface area contributed by atoms with E-state index in [0.717, 1.165) is 17.0 Å². The maximum Gasteiger partial charge on any atom is 0.255 e. The van der Waals surface area contributed by atoms with Gasteiger partial charge in [-0.2, -0.15) is 0 Å². The van der Waals surface area contributed by atoms with Crippen molar-refractivity contribution in [1.82, 2.24) is 9.38 Å². The molecule has 0 atom stereocenters. The first-order valence-electron chi connectivity index (χ1n) is 6.87. The van der Waals surface area contributed by atoms with E-state index in [4.69, 9.17) is 16.2 Å². The molecule has 0 aliphatic heterocycles. The van der Waals surface area contributed by atoms with Crippen molar-refractivity contribution in [1.29, 1.82) is 0 Å². The van der Waals surface area contributed by atoms with Crippen LogP contribution in [0, 0.1) is 0 Å². The normalized spacial score (nSPS) is 10.8. The average molecular weight is 296 g/mol. The van der Waals surface area contributed by atoms with Crippen LogP contribution in [0.15, 0.2) is 48.7 Å². The molecule has 6 heteroatoms. The number of aromatic nitrogens is 2. The molecule has 0 aliphatic carbocycles. The van der Waals surface area contributed by atoms with Gasteiger partial charge in [-0.15, -0.1) is 0 Å². The molecule has 0 aliphatic rings. The number of ether oxygens (including phenoxy) is 1. The maximum atomic E-state index is 10.9. The molecule has 1 amide bonds. The number of benzene rings is 1. The standard InChI is InChI=1S/C16H16N4O2/c17-9-12-15(11-5-2-1-3-6-11)19-16-13(22-10-14(18)21)7-4-8-20(12)16/h1-8H,9-10,17H2,(H2,18,21). The van der Waals surface area contributed by atoms with Crippen LogP contribution in [0.5, 0.6) is 5.75 Å². The number of hydrogen-bond donors (Lipinski definition) is 2. The van der Waals surface area contributed by atoms with Crippen molar-refractivity contribution >= 4 is 11.6 Å². The van der Waals surface area contributed by atoms with Crippen LogP contribution in [0.1, 0.15) is 5.69 Å². The first-order valence-corrected chi connectivity index (χ1v) is 6.87. The molecule has 2 aromatic heterocycles. The molecule has 0 fully saturated rings. The van der Waals surface area contributed by atoms with Crippen molar-refractivity contribution in [3.63, 3.8) is 0 Å². The molecule has 0 spiro atoms. The Hall–Kier alpha value is -2.86. The highest BCUT2D eigenvalue weighted by atomic mass is 16.5. The van der Waals surface area contributed by atoms with E-state index in [1.165, 1.54) is 0 Å². The predicted molar refractivity (Wildman–Crippen MR) is 83.2 cm³/mol. The quantitative estimate of drug-likeness (QED) is 0.742. The van der Waals surface area contributed by atoms with Gasteiger partial charge in [-0.25, -0.2) is 4.98 Å². The lowest BCUT2D eigenvalue weighted by molar-refractivity contribution is -0.119. The van der Waals surface area contributed by atoms with Crippen LogP contribution < -0.4 is 16.2 Å². The van der Waals surface area contributed by atoms with Crippen molar-refractivity contribution in [2.24, 2.45) is 11.5 Å². The van der Waals surface area contributed by atoms with Crippen LogP contribution in [0.3, 0.4) is 0 Å². The van der Waals surface area contributed by atoms with Gasteiger partial charge in [0.25, 0.3) is 5.91 Å². The van der Waals surface area contributed by atoms with E-state index in [1.807, 2.05) is 47.0 Å². The number of imidazole rings is 1. The van der Waals surface area contributed by atoms with Crippen LogP contribution in [0.25, 0.3) is 16.9 Å². The zero-order valence-electron chi connectivity index (χ0n) is 11.9. The zero-order chi connectivity index (χ0) is 15.5. The van der Waals surface area contributed by atoms with E-state index in [2.05, 4.69) is 4.98 Å². The second-order valence-corrected chi connectivity index (χ2v) is 4.80. The third-order valence-electron chi connectivity index (χ3n) is 3.32. The third kappa shape index (κ3) is 2.51. The van der Waals surface area contributed by atoms with Crippen molar-refractivity contribution in [2.45, 2.75) is 6.54 Å². The molecule has 3 aromatic rings. The SMILES string of the molecule is NCc1c(-c2ccccc2)nc2c(OCC(N)=O)cccn12. The van der Waals surface area contributed by atoms with Gasteiger partial charge >= 0.3 is 0 Å². The molecule has 0 saturated heterocycles. The summed E-state index contributed by atoms with van der Waals surface area (Å²) in [6, 6.07) is 13.4. The van der Waals surface area contributed by atoms with Crippen molar-refractivity contribution < 1.29 is 9.53 Å². The maximum absolute atomic E-state index is 10.9. The second kappa shape index (κ2) is 5.87. The number of nitrogens with zero attached hydrogens (tertiary/aromatic N) is 2. The summed E-state index contributed by atoms with van der Waals surface area (Å²) in [5, 5.41) is 0. The largest absolute Gasteiger partial charge is 0.480 e.